The van der Waals surface area contributed by atoms with Crippen LogP contribution < -0.4 is 15.2 Å². The molecule has 0 bridgehead atoms. The number of nitrogens with one attached hydrogen (secondary N) is 1. The molecule has 1 aromatic heterocycles. The normalized spacial score (nSPS) is 14.3. The molecule has 3 aromatic rings. The molecule has 4 rings (SSSR count). The Balaban J connectivity index is 1.45. The number of amides is 1. The number of aromatic amines is 1. The summed E-state index contributed by atoms with van der Waals surface area (Å²) in [5.74, 6) is 0.857. The number of fused-ring (bicyclic) bond motifs is 1. The lowest BCUT2D eigenvalue weighted by Gasteiger charge is -2.36. The lowest BCUT2D eigenvalue weighted by molar-refractivity contribution is -0.130. The number of nitrogens with zero attached hydrogens (tertiary/aromatic N) is 3. The number of piperazine rings is 1. The molecule has 1 saturated heterocycles. The van der Waals surface area contributed by atoms with Gasteiger partial charge in [0.25, 0.3) is 5.56 Å². The van der Waals surface area contributed by atoms with E-state index in [1.54, 1.807) is 19.2 Å². The van der Waals surface area contributed by atoms with E-state index < -0.39 is 0 Å². The lowest BCUT2D eigenvalue weighted by Crippen LogP contribution is -2.49. The highest BCUT2D eigenvalue weighted by atomic mass is 16.5. The van der Waals surface area contributed by atoms with Crippen LogP contribution in [0.15, 0.2) is 53.3 Å². The SMILES string of the molecule is COc1ccccc1N1CCN(C(=O)Cc2n[nH]c(=O)c3ccccc23)CC1. The average molecular weight is 378 g/mol. The number of methoxy groups -OCH3 is 1. The molecule has 28 heavy (non-hydrogen) atoms. The van der Waals surface area contributed by atoms with Crippen molar-refractivity contribution in [1.29, 1.82) is 0 Å². The summed E-state index contributed by atoms with van der Waals surface area (Å²) in [6, 6.07) is 15.2. The van der Waals surface area contributed by atoms with Crippen LogP contribution in [0.5, 0.6) is 5.75 Å². The predicted octanol–water partition coefficient (Wildman–Crippen LogP) is 1.82. The third-order valence-electron chi connectivity index (χ3n) is 5.15. The molecule has 7 heteroatoms. The van der Waals surface area contributed by atoms with Gasteiger partial charge in [-0.3, -0.25) is 9.59 Å². The maximum absolute atomic E-state index is 12.8. The molecule has 0 spiro atoms. The molecule has 0 saturated carbocycles. The summed E-state index contributed by atoms with van der Waals surface area (Å²) < 4.78 is 5.44. The van der Waals surface area contributed by atoms with Crippen LogP contribution in [0.3, 0.4) is 0 Å². The zero-order valence-corrected chi connectivity index (χ0v) is 15.7. The Morgan fingerprint density at radius 3 is 2.46 bits per heavy atom. The van der Waals surface area contributed by atoms with Crippen molar-refractivity contribution in [2.24, 2.45) is 0 Å². The zero-order valence-electron chi connectivity index (χ0n) is 15.7. The Morgan fingerprint density at radius 1 is 1.04 bits per heavy atom. The molecule has 7 nitrogen and oxygen atoms in total. The van der Waals surface area contributed by atoms with Crippen molar-refractivity contribution >= 4 is 22.4 Å². The van der Waals surface area contributed by atoms with Crippen LogP contribution in [0.25, 0.3) is 10.8 Å². The van der Waals surface area contributed by atoms with Crippen molar-refractivity contribution in [1.82, 2.24) is 15.1 Å². The van der Waals surface area contributed by atoms with Gasteiger partial charge in [-0.25, -0.2) is 5.10 Å². The van der Waals surface area contributed by atoms with Gasteiger partial charge in [-0.2, -0.15) is 5.10 Å². The number of rotatable bonds is 4. The monoisotopic (exact) mass is 378 g/mol. The fourth-order valence-electron chi connectivity index (χ4n) is 3.65. The van der Waals surface area contributed by atoms with E-state index in [-0.39, 0.29) is 17.9 Å². The van der Waals surface area contributed by atoms with E-state index in [1.165, 1.54) is 0 Å². The van der Waals surface area contributed by atoms with E-state index in [1.807, 2.05) is 41.3 Å². The Labute approximate surface area is 162 Å². The van der Waals surface area contributed by atoms with Crippen LogP contribution >= 0.6 is 0 Å². The van der Waals surface area contributed by atoms with Crippen LogP contribution in [0.4, 0.5) is 5.69 Å². The summed E-state index contributed by atoms with van der Waals surface area (Å²) in [6.07, 6.45) is 0.173. The number of benzene rings is 2. The molecule has 2 aromatic carbocycles. The fourth-order valence-corrected chi connectivity index (χ4v) is 3.65. The Kier molecular flexibility index (Phi) is 4.97. The fraction of sp³-hybridized carbons (Fsp3) is 0.286. The summed E-state index contributed by atoms with van der Waals surface area (Å²) in [5.41, 5.74) is 1.41. The lowest BCUT2D eigenvalue weighted by atomic mass is 10.1. The molecule has 0 unspecified atom stereocenters. The Bertz CT molecular complexity index is 1050. The largest absolute Gasteiger partial charge is 0.495 e. The number of carbonyl (C=O) groups excluding carboxylic acids is 1. The summed E-state index contributed by atoms with van der Waals surface area (Å²) in [4.78, 5) is 28.8. The standard InChI is InChI=1S/C21H22N4O3/c1-28-19-9-5-4-8-18(19)24-10-12-25(13-11-24)20(26)14-17-15-6-2-3-7-16(15)21(27)23-22-17/h2-9H,10-14H2,1H3,(H,23,27). The molecule has 1 N–H and O–H groups in total. The van der Waals surface area contributed by atoms with E-state index >= 15 is 0 Å². The number of para-hydroxylation sites is 2. The smallest absolute Gasteiger partial charge is 0.272 e. The van der Waals surface area contributed by atoms with Crippen LogP contribution in [0, 0.1) is 0 Å². The molecule has 1 aliphatic heterocycles. The molecule has 0 atom stereocenters. The molecule has 1 aliphatic rings. The van der Waals surface area contributed by atoms with Crippen molar-refractivity contribution in [3.05, 3.63) is 64.6 Å². The number of anilines is 1. The minimum absolute atomic E-state index is 0.0179. The van der Waals surface area contributed by atoms with E-state index in [0.717, 1.165) is 29.9 Å². The minimum Gasteiger partial charge on any atom is -0.495 e. The van der Waals surface area contributed by atoms with Gasteiger partial charge in [0.2, 0.25) is 5.91 Å². The number of hydrogen-bond acceptors (Lipinski definition) is 5. The van der Waals surface area contributed by atoms with Gasteiger partial charge in [-0.15, -0.1) is 0 Å². The van der Waals surface area contributed by atoms with Gasteiger partial charge < -0.3 is 14.5 Å². The first-order valence-electron chi connectivity index (χ1n) is 9.29. The number of H-pyrrole nitrogens is 1. The topological polar surface area (TPSA) is 78.5 Å². The highest BCUT2D eigenvalue weighted by Crippen LogP contribution is 2.28. The highest BCUT2D eigenvalue weighted by Gasteiger charge is 2.23. The molecule has 1 amide bonds. The van der Waals surface area contributed by atoms with Gasteiger partial charge in [0.1, 0.15) is 5.75 Å². The van der Waals surface area contributed by atoms with E-state index in [0.29, 0.717) is 24.2 Å². The molecule has 1 fully saturated rings. The van der Waals surface area contributed by atoms with Gasteiger partial charge in [0.05, 0.1) is 30.3 Å². The van der Waals surface area contributed by atoms with Gasteiger partial charge in [0, 0.05) is 31.6 Å². The quantitative estimate of drug-likeness (QED) is 0.749. The second kappa shape index (κ2) is 7.72. The van der Waals surface area contributed by atoms with Crippen LogP contribution in [0.1, 0.15) is 5.69 Å². The van der Waals surface area contributed by atoms with Gasteiger partial charge >= 0.3 is 0 Å². The maximum Gasteiger partial charge on any atom is 0.272 e. The van der Waals surface area contributed by atoms with Crippen molar-refractivity contribution in [2.45, 2.75) is 6.42 Å². The van der Waals surface area contributed by atoms with Crippen molar-refractivity contribution in [2.75, 3.05) is 38.2 Å². The summed E-state index contributed by atoms with van der Waals surface area (Å²) >= 11 is 0. The Hall–Kier alpha value is -3.35. The number of aromatic nitrogens is 2. The first kappa shape index (κ1) is 18.0. The van der Waals surface area contributed by atoms with E-state index in [4.69, 9.17) is 4.74 Å². The first-order chi connectivity index (χ1) is 13.7. The van der Waals surface area contributed by atoms with Crippen LogP contribution in [-0.4, -0.2) is 54.3 Å². The molecule has 144 valence electrons. The molecule has 0 aliphatic carbocycles. The number of hydrogen-bond donors (Lipinski definition) is 1. The third kappa shape index (κ3) is 3.43. The van der Waals surface area contributed by atoms with Gasteiger partial charge in [-0.05, 0) is 18.2 Å². The average Bonchev–Trinajstić information content (AvgIpc) is 2.76. The second-order valence-electron chi connectivity index (χ2n) is 6.76. The molecule has 2 heterocycles. The van der Waals surface area contributed by atoms with Crippen molar-refractivity contribution in [3.63, 3.8) is 0 Å². The molecular formula is C21H22N4O3. The van der Waals surface area contributed by atoms with Gasteiger partial charge in [-0.1, -0.05) is 30.3 Å². The van der Waals surface area contributed by atoms with Crippen LogP contribution in [0.2, 0.25) is 0 Å². The second-order valence-corrected chi connectivity index (χ2v) is 6.76. The summed E-state index contributed by atoms with van der Waals surface area (Å²) in [7, 11) is 1.67. The maximum atomic E-state index is 12.8. The van der Waals surface area contributed by atoms with Crippen molar-refractivity contribution < 1.29 is 9.53 Å². The number of ether oxygens (including phenoxy) is 1. The van der Waals surface area contributed by atoms with Gasteiger partial charge in [0.15, 0.2) is 0 Å². The van der Waals surface area contributed by atoms with E-state index in [2.05, 4.69) is 15.1 Å². The first-order valence-corrected chi connectivity index (χ1v) is 9.29. The minimum atomic E-state index is -0.239. The highest BCUT2D eigenvalue weighted by molar-refractivity contribution is 5.88. The van der Waals surface area contributed by atoms with E-state index in [9.17, 15) is 9.59 Å². The Morgan fingerprint density at radius 2 is 1.71 bits per heavy atom. The van der Waals surface area contributed by atoms with Crippen molar-refractivity contribution in [3.8, 4) is 5.75 Å². The summed E-state index contributed by atoms with van der Waals surface area (Å²) in [6.45, 7) is 2.76. The third-order valence-corrected chi connectivity index (χ3v) is 5.15. The summed E-state index contributed by atoms with van der Waals surface area (Å²) in [5, 5.41) is 7.89. The zero-order chi connectivity index (χ0) is 19.5. The predicted molar refractivity (Wildman–Crippen MR) is 108 cm³/mol. The molecule has 0 radical (unpaired) electrons. The number of carbonyl (C=O) groups is 1. The molecular weight excluding hydrogens is 356 g/mol. The van der Waals surface area contributed by atoms with Crippen LogP contribution in [-0.2, 0) is 11.2 Å².